The highest BCUT2D eigenvalue weighted by atomic mass is 19.4. The molecular formula is C19H17F3O4. The molecule has 1 heterocycles. The summed E-state index contributed by atoms with van der Waals surface area (Å²) in [5.74, 6) is 0.282. The number of aryl methyl sites for hydroxylation is 1. The number of benzene rings is 2. The smallest absolute Gasteiger partial charge is 0.416 e. The Morgan fingerprint density at radius 2 is 2.04 bits per heavy atom. The Bertz CT molecular complexity index is 830. The van der Waals surface area contributed by atoms with Crippen molar-refractivity contribution in [2.75, 3.05) is 6.61 Å². The molecule has 7 heteroatoms. The van der Waals surface area contributed by atoms with Crippen molar-refractivity contribution >= 4 is 5.97 Å². The number of fused-ring (bicyclic) bond motifs is 1. The minimum Gasteiger partial charge on any atom is -0.493 e. The summed E-state index contributed by atoms with van der Waals surface area (Å²) in [5, 5.41) is 9.01. The molecule has 1 atom stereocenters. The maximum Gasteiger partial charge on any atom is 0.416 e. The van der Waals surface area contributed by atoms with E-state index in [1.165, 1.54) is 6.07 Å². The summed E-state index contributed by atoms with van der Waals surface area (Å²) in [7, 11) is 0. The molecule has 0 bridgehead atoms. The molecule has 1 aliphatic rings. The Morgan fingerprint density at radius 1 is 1.27 bits per heavy atom. The van der Waals surface area contributed by atoms with Crippen LogP contribution in [-0.2, 0) is 11.0 Å². The number of halogens is 3. The Hall–Kier alpha value is -2.70. The van der Waals surface area contributed by atoms with Crippen molar-refractivity contribution in [1.29, 1.82) is 0 Å². The first kappa shape index (κ1) is 18.1. The fourth-order valence-electron chi connectivity index (χ4n) is 3.00. The topological polar surface area (TPSA) is 55.8 Å². The lowest BCUT2D eigenvalue weighted by Gasteiger charge is -2.25. The molecule has 0 unspecified atom stereocenters. The van der Waals surface area contributed by atoms with Crippen LogP contribution in [0.5, 0.6) is 17.2 Å². The van der Waals surface area contributed by atoms with Gasteiger partial charge in [-0.2, -0.15) is 13.2 Å². The highest BCUT2D eigenvalue weighted by Crippen LogP contribution is 2.39. The van der Waals surface area contributed by atoms with E-state index in [1.807, 2.05) is 0 Å². The van der Waals surface area contributed by atoms with E-state index in [0.717, 1.165) is 17.7 Å². The lowest BCUT2D eigenvalue weighted by Crippen LogP contribution is -2.16. The number of aliphatic carboxylic acids is 1. The molecule has 0 aliphatic carbocycles. The van der Waals surface area contributed by atoms with Crippen molar-refractivity contribution in [3.63, 3.8) is 0 Å². The van der Waals surface area contributed by atoms with Crippen molar-refractivity contribution in [1.82, 2.24) is 0 Å². The predicted molar refractivity (Wildman–Crippen MR) is 87.8 cm³/mol. The Balaban J connectivity index is 1.82. The van der Waals surface area contributed by atoms with E-state index < -0.39 is 17.7 Å². The van der Waals surface area contributed by atoms with Crippen LogP contribution in [0.3, 0.4) is 0 Å². The highest BCUT2D eigenvalue weighted by Gasteiger charge is 2.31. The first-order valence-electron chi connectivity index (χ1n) is 8.08. The van der Waals surface area contributed by atoms with E-state index in [-0.39, 0.29) is 12.3 Å². The second-order valence-electron chi connectivity index (χ2n) is 6.21. The van der Waals surface area contributed by atoms with Crippen LogP contribution in [-0.4, -0.2) is 17.7 Å². The predicted octanol–water partition coefficient (Wildman–Crippen LogP) is 5.15. The fourth-order valence-corrected chi connectivity index (χ4v) is 3.00. The molecule has 0 saturated carbocycles. The van der Waals surface area contributed by atoms with Gasteiger partial charge in [-0.25, -0.2) is 0 Å². The molecule has 1 N–H and O–H groups in total. The molecule has 26 heavy (non-hydrogen) atoms. The number of carboxylic acid groups (broad SMARTS) is 1. The molecule has 138 valence electrons. The van der Waals surface area contributed by atoms with Gasteiger partial charge in [0.25, 0.3) is 0 Å². The van der Waals surface area contributed by atoms with E-state index >= 15 is 0 Å². The number of hydrogen-bond acceptors (Lipinski definition) is 3. The molecule has 4 nitrogen and oxygen atoms in total. The lowest BCUT2D eigenvalue weighted by molar-refractivity contribution is -0.138. The van der Waals surface area contributed by atoms with Gasteiger partial charge in [0.1, 0.15) is 17.2 Å². The maximum atomic E-state index is 12.7. The van der Waals surface area contributed by atoms with Crippen LogP contribution in [0.4, 0.5) is 13.2 Å². The highest BCUT2D eigenvalue weighted by molar-refractivity contribution is 5.68. The van der Waals surface area contributed by atoms with Gasteiger partial charge in [0.15, 0.2) is 0 Å². The van der Waals surface area contributed by atoms with Crippen molar-refractivity contribution in [3.05, 3.63) is 53.1 Å². The molecule has 2 aromatic rings. The Morgan fingerprint density at radius 3 is 2.69 bits per heavy atom. The molecule has 2 aromatic carbocycles. The summed E-state index contributed by atoms with van der Waals surface area (Å²) in [6, 6.07) is 8.34. The maximum absolute atomic E-state index is 12.7. The van der Waals surface area contributed by atoms with Gasteiger partial charge in [-0.05, 0) is 48.7 Å². The zero-order valence-corrected chi connectivity index (χ0v) is 14.0. The normalized spacial score (nSPS) is 16.5. The number of alkyl halides is 3. The number of ether oxygens (including phenoxy) is 2. The Kier molecular flexibility index (Phi) is 4.80. The van der Waals surface area contributed by atoms with Crippen molar-refractivity contribution in [2.45, 2.75) is 31.9 Å². The van der Waals surface area contributed by atoms with E-state index in [9.17, 15) is 18.0 Å². The molecule has 0 radical (unpaired) electrons. The molecule has 1 aliphatic heterocycles. The molecule has 0 spiro atoms. The van der Waals surface area contributed by atoms with Gasteiger partial charge in [0.2, 0.25) is 0 Å². The van der Waals surface area contributed by atoms with Crippen molar-refractivity contribution in [3.8, 4) is 17.2 Å². The van der Waals surface area contributed by atoms with E-state index in [4.69, 9.17) is 14.6 Å². The SMILES string of the molecule is Cc1cc(C(F)(F)F)ccc1Oc1ccc2c(c1)OCC[C@H]2CC(=O)O. The largest absolute Gasteiger partial charge is 0.493 e. The first-order chi connectivity index (χ1) is 12.2. The van der Waals surface area contributed by atoms with Crippen LogP contribution < -0.4 is 9.47 Å². The molecule has 0 fully saturated rings. The third kappa shape index (κ3) is 3.92. The van der Waals surface area contributed by atoms with Gasteiger partial charge in [-0.15, -0.1) is 0 Å². The number of carboxylic acids is 1. The first-order valence-corrected chi connectivity index (χ1v) is 8.08. The molecule has 0 saturated heterocycles. The van der Waals surface area contributed by atoms with Crippen molar-refractivity contribution in [2.24, 2.45) is 0 Å². The monoisotopic (exact) mass is 366 g/mol. The second-order valence-corrected chi connectivity index (χ2v) is 6.21. The minimum absolute atomic E-state index is 0.0224. The van der Waals surface area contributed by atoms with Gasteiger partial charge in [0, 0.05) is 12.0 Å². The van der Waals surface area contributed by atoms with Gasteiger partial charge >= 0.3 is 12.1 Å². The van der Waals surface area contributed by atoms with Crippen LogP contribution in [0, 0.1) is 6.92 Å². The van der Waals surface area contributed by atoms with Crippen LogP contribution in [0.1, 0.15) is 35.4 Å². The quantitative estimate of drug-likeness (QED) is 0.813. The third-order valence-electron chi connectivity index (χ3n) is 4.30. The summed E-state index contributed by atoms with van der Waals surface area (Å²) < 4.78 is 49.5. The average Bonchev–Trinajstić information content (AvgIpc) is 2.55. The fraction of sp³-hybridized carbons (Fsp3) is 0.316. The van der Waals surface area contributed by atoms with Gasteiger partial charge in [0.05, 0.1) is 18.6 Å². The Labute approximate surface area is 148 Å². The molecule has 3 rings (SSSR count). The summed E-state index contributed by atoms with van der Waals surface area (Å²) in [5.41, 5.74) is 0.435. The average molecular weight is 366 g/mol. The van der Waals surface area contributed by atoms with Gasteiger partial charge in [-0.1, -0.05) is 6.07 Å². The summed E-state index contributed by atoms with van der Waals surface area (Å²) in [6.45, 7) is 1.95. The van der Waals surface area contributed by atoms with E-state index in [1.54, 1.807) is 25.1 Å². The second kappa shape index (κ2) is 6.90. The van der Waals surface area contributed by atoms with E-state index in [0.29, 0.717) is 35.8 Å². The standard InChI is InChI=1S/C19H17F3O4/c1-11-8-13(19(20,21)22)2-5-16(11)26-14-3-4-15-12(9-18(23)24)6-7-25-17(15)10-14/h2-5,8,10,12H,6-7,9H2,1H3,(H,23,24)/t12-/m0/s1. The molecule has 0 aromatic heterocycles. The third-order valence-corrected chi connectivity index (χ3v) is 4.30. The molecular weight excluding hydrogens is 349 g/mol. The number of hydrogen-bond donors (Lipinski definition) is 1. The van der Waals surface area contributed by atoms with Gasteiger partial charge < -0.3 is 14.6 Å². The zero-order valence-electron chi connectivity index (χ0n) is 14.0. The molecule has 0 amide bonds. The minimum atomic E-state index is -4.40. The number of carbonyl (C=O) groups is 1. The van der Waals surface area contributed by atoms with Crippen LogP contribution in [0.15, 0.2) is 36.4 Å². The zero-order chi connectivity index (χ0) is 18.9. The summed E-state index contributed by atoms with van der Waals surface area (Å²) in [6.07, 6.45) is -3.76. The van der Waals surface area contributed by atoms with Crippen LogP contribution >= 0.6 is 0 Å². The summed E-state index contributed by atoms with van der Waals surface area (Å²) in [4.78, 5) is 11.0. The number of rotatable bonds is 4. The summed E-state index contributed by atoms with van der Waals surface area (Å²) >= 11 is 0. The lowest BCUT2D eigenvalue weighted by atomic mass is 9.90. The van der Waals surface area contributed by atoms with Gasteiger partial charge in [-0.3, -0.25) is 4.79 Å². The van der Waals surface area contributed by atoms with Crippen LogP contribution in [0.2, 0.25) is 0 Å². The van der Waals surface area contributed by atoms with Crippen LogP contribution in [0.25, 0.3) is 0 Å². The van der Waals surface area contributed by atoms with E-state index in [2.05, 4.69) is 0 Å². The van der Waals surface area contributed by atoms with Crippen molar-refractivity contribution < 1.29 is 32.5 Å².